The summed E-state index contributed by atoms with van der Waals surface area (Å²) in [5.41, 5.74) is 0.814. The van der Waals surface area contributed by atoms with E-state index in [1.54, 1.807) is 0 Å². The van der Waals surface area contributed by atoms with E-state index in [0.29, 0.717) is 6.54 Å². The molecule has 9 heteroatoms. The van der Waals surface area contributed by atoms with Crippen molar-refractivity contribution in [2.45, 2.75) is 39.8 Å². The van der Waals surface area contributed by atoms with E-state index in [-0.39, 0.29) is 41.8 Å². The van der Waals surface area contributed by atoms with Crippen LogP contribution in [0.25, 0.3) is 5.65 Å². The zero-order valence-corrected chi connectivity index (χ0v) is 18.4. The topological polar surface area (TPSA) is 86.9 Å². The smallest absolute Gasteiger partial charge is 0.225 e. The van der Waals surface area contributed by atoms with E-state index in [9.17, 15) is 4.79 Å². The number of guanidine groups is 1. The van der Waals surface area contributed by atoms with Gasteiger partial charge >= 0.3 is 0 Å². The fraction of sp³-hybridized carbons (Fsp3) is 0.556. The van der Waals surface area contributed by atoms with Crippen LogP contribution < -0.4 is 10.6 Å². The van der Waals surface area contributed by atoms with E-state index in [0.717, 1.165) is 43.5 Å². The summed E-state index contributed by atoms with van der Waals surface area (Å²) in [7, 11) is 0. The molecule has 27 heavy (non-hydrogen) atoms. The van der Waals surface area contributed by atoms with Gasteiger partial charge < -0.3 is 15.5 Å². The second-order valence-corrected chi connectivity index (χ2v) is 6.81. The quantitative estimate of drug-likeness (QED) is 0.382. The number of nitrogens with zero attached hydrogens (tertiary/aromatic N) is 5. The van der Waals surface area contributed by atoms with Crippen LogP contribution in [0.15, 0.2) is 29.4 Å². The van der Waals surface area contributed by atoms with Gasteiger partial charge in [-0.15, -0.1) is 34.2 Å². The minimum absolute atomic E-state index is 0. The van der Waals surface area contributed by atoms with E-state index in [1.165, 1.54) is 0 Å². The third-order valence-corrected chi connectivity index (χ3v) is 4.44. The Balaban J connectivity index is 0.00000261. The molecule has 3 heterocycles. The normalized spacial score (nSPS) is 17.3. The minimum Gasteiger partial charge on any atom is -0.357 e. The summed E-state index contributed by atoms with van der Waals surface area (Å²) < 4.78 is 1.94. The molecule has 1 unspecified atom stereocenters. The maximum atomic E-state index is 12.1. The van der Waals surface area contributed by atoms with Gasteiger partial charge in [0.25, 0.3) is 0 Å². The lowest BCUT2D eigenvalue weighted by molar-refractivity contribution is -0.133. The molecule has 0 radical (unpaired) electrons. The van der Waals surface area contributed by atoms with Crippen molar-refractivity contribution in [2.24, 2.45) is 10.9 Å². The molecular formula is C18H28IN7O. The van der Waals surface area contributed by atoms with Crippen molar-refractivity contribution in [2.75, 3.05) is 19.6 Å². The first-order valence-corrected chi connectivity index (χ1v) is 9.20. The third kappa shape index (κ3) is 5.30. The van der Waals surface area contributed by atoms with Gasteiger partial charge in [0.05, 0.1) is 0 Å². The summed E-state index contributed by atoms with van der Waals surface area (Å²) in [4.78, 5) is 18.7. The average molecular weight is 485 g/mol. The first-order chi connectivity index (χ1) is 12.6. The third-order valence-electron chi connectivity index (χ3n) is 4.44. The molecule has 1 aliphatic rings. The molecular weight excluding hydrogens is 457 g/mol. The molecule has 1 atom stereocenters. The Labute approximate surface area is 176 Å². The van der Waals surface area contributed by atoms with Crippen LogP contribution >= 0.6 is 24.0 Å². The van der Waals surface area contributed by atoms with Crippen molar-refractivity contribution in [1.82, 2.24) is 30.1 Å². The van der Waals surface area contributed by atoms with Crippen LogP contribution in [0.5, 0.6) is 0 Å². The van der Waals surface area contributed by atoms with Crippen molar-refractivity contribution >= 4 is 41.5 Å². The number of halogens is 1. The number of pyridine rings is 1. The van der Waals surface area contributed by atoms with Crippen LogP contribution in [-0.2, 0) is 11.3 Å². The highest BCUT2D eigenvalue weighted by atomic mass is 127. The molecule has 8 nitrogen and oxygen atoms in total. The molecule has 3 rings (SSSR count). The molecule has 1 saturated heterocycles. The number of fused-ring (bicyclic) bond motifs is 1. The molecule has 1 amide bonds. The molecule has 1 fully saturated rings. The number of carbonyl (C=O) groups excluding carboxylic acids is 1. The van der Waals surface area contributed by atoms with E-state index in [1.807, 2.05) is 54.5 Å². The number of rotatable bonds is 5. The summed E-state index contributed by atoms with van der Waals surface area (Å²) in [6, 6.07) is 6.02. The second-order valence-electron chi connectivity index (χ2n) is 6.81. The highest BCUT2D eigenvalue weighted by Crippen LogP contribution is 2.13. The standard InChI is InChI=1S/C18H27N7O.HI/c1-4-19-18(21-14-8-10-24(12-14)17(26)13(2)3)20-11-16-23-22-15-7-5-6-9-25(15)16;/h5-7,9,13-14H,4,8,10-12H2,1-3H3,(H2,19,20,21);1H. The molecule has 0 saturated carbocycles. The largest absolute Gasteiger partial charge is 0.357 e. The van der Waals surface area contributed by atoms with Crippen LogP contribution in [0, 0.1) is 5.92 Å². The van der Waals surface area contributed by atoms with Crippen molar-refractivity contribution in [3.05, 3.63) is 30.2 Å². The first kappa shape index (κ1) is 21.4. The number of nitrogens with one attached hydrogen (secondary N) is 2. The fourth-order valence-electron chi connectivity index (χ4n) is 3.11. The first-order valence-electron chi connectivity index (χ1n) is 9.20. The Kier molecular flexibility index (Phi) is 7.81. The number of amides is 1. The SMILES string of the molecule is CCNC(=NCc1nnc2ccccn12)NC1CCN(C(=O)C(C)C)C1.I. The summed E-state index contributed by atoms with van der Waals surface area (Å²) in [5.74, 6) is 1.79. The highest BCUT2D eigenvalue weighted by Gasteiger charge is 2.27. The lowest BCUT2D eigenvalue weighted by Gasteiger charge is -2.20. The van der Waals surface area contributed by atoms with Crippen molar-refractivity contribution < 1.29 is 4.79 Å². The Morgan fingerprint density at radius 2 is 2.19 bits per heavy atom. The summed E-state index contributed by atoms with van der Waals surface area (Å²) in [5, 5.41) is 15.1. The van der Waals surface area contributed by atoms with Crippen molar-refractivity contribution in [3.8, 4) is 0 Å². The molecule has 0 aromatic carbocycles. The van der Waals surface area contributed by atoms with Crippen LogP contribution in [-0.4, -0.2) is 57.0 Å². The average Bonchev–Trinajstić information content (AvgIpc) is 3.26. The molecule has 0 bridgehead atoms. The molecule has 2 aromatic rings. The van der Waals surface area contributed by atoms with Crippen LogP contribution in [0.1, 0.15) is 33.0 Å². The Morgan fingerprint density at radius 1 is 1.37 bits per heavy atom. The maximum Gasteiger partial charge on any atom is 0.225 e. The van der Waals surface area contributed by atoms with Crippen LogP contribution in [0.2, 0.25) is 0 Å². The van der Waals surface area contributed by atoms with Gasteiger partial charge in [-0.1, -0.05) is 19.9 Å². The van der Waals surface area contributed by atoms with E-state index in [2.05, 4.69) is 25.8 Å². The molecule has 0 spiro atoms. The maximum absolute atomic E-state index is 12.1. The van der Waals surface area contributed by atoms with Gasteiger partial charge in [0, 0.05) is 37.8 Å². The number of likely N-dealkylation sites (tertiary alicyclic amines) is 1. The number of hydrogen-bond acceptors (Lipinski definition) is 4. The Hall–Kier alpha value is -1.91. The Morgan fingerprint density at radius 3 is 2.93 bits per heavy atom. The minimum atomic E-state index is 0. The van der Waals surface area contributed by atoms with Crippen LogP contribution in [0.4, 0.5) is 0 Å². The zero-order chi connectivity index (χ0) is 18.5. The molecule has 1 aliphatic heterocycles. The summed E-state index contributed by atoms with van der Waals surface area (Å²) >= 11 is 0. The van der Waals surface area contributed by atoms with Gasteiger partial charge in [0.2, 0.25) is 5.91 Å². The second kappa shape index (κ2) is 9.86. The van der Waals surface area contributed by atoms with E-state index >= 15 is 0 Å². The van der Waals surface area contributed by atoms with E-state index < -0.39 is 0 Å². The molecule has 148 valence electrons. The summed E-state index contributed by atoms with van der Waals surface area (Å²) in [6.45, 7) is 8.63. The van der Waals surface area contributed by atoms with Crippen molar-refractivity contribution in [1.29, 1.82) is 0 Å². The molecule has 0 aliphatic carbocycles. The van der Waals surface area contributed by atoms with Gasteiger partial charge in [0.1, 0.15) is 6.54 Å². The van der Waals surface area contributed by atoms with Crippen LogP contribution in [0.3, 0.4) is 0 Å². The van der Waals surface area contributed by atoms with E-state index in [4.69, 9.17) is 0 Å². The number of aromatic nitrogens is 3. The Bertz CT molecular complexity index is 789. The number of hydrogen-bond donors (Lipinski definition) is 2. The highest BCUT2D eigenvalue weighted by molar-refractivity contribution is 14.0. The van der Waals surface area contributed by atoms with Crippen molar-refractivity contribution in [3.63, 3.8) is 0 Å². The lowest BCUT2D eigenvalue weighted by Crippen LogP contribution is -2.45. The predicted octanol–water partition coefficient (Wildman–Crippen LogP) is 1.66. The fourth-order valence-corrected chi connectivity index (χ4v) is 3.11. The number of aliphatic imine (C=N–C) groups is 1. The summed E-state index contributed by atoms with van der Waals surface area (Å²) in [6.07, 6.45) is 2.86. The van der Waals surface area contributed by atoms with Gasteiger partial charge in [-0.2, -0.15) is 0 Å². The zero-order valence-electron chi connectivity index (χ0n) is 16.1. The predicted molar refractivity (Wildman–Crippen MR) is 116 cm³/mol. The van der Waals surface area contributed by atoms with Gasteiger partial charge in [-0.3, -0.25) is 9.20 Å². The van der Waals surface area contributed by atoms with Gasteiger partial charge in [-0.25, -0.2) is 4.99 Å². The molecule has 2 aromatic heterocycles. The monoisotopic (exact) mass is 485 g/mol. The molecule has 2 N–H and O–H groups in total. The van der Waals surface area contributed by atoms with Gasteiger partial charge in [-0.05, 0) is 25.5 Å². The number of carbonyl (C=O) groups is 1. The van der Waals surface area contributed by atoms with Gasteiger partial charge in [0.15, 0.2) is 17.4 Å². The lowest BCUT2D eigenvalue weighted by atomic mass is 10.2.